The molecule has 26 heavy (non-hydrogen) atoms. The fourth-order valence-corrected chi connectivity index (χ4v) is 5.38. The molecule has 8 heteroatoms. The molecule has 3 atom stereocenters. The molecule has 0 saturated carbocycles. The highest BCUT2D eigenvalue weighted by Crippen LogP contribution is 2.52. The van der Waals surface area contributed by atoms with E-state index in [-0.39, 0.29) is 30.4 Å². The molecular weight excluding hydrogens is 332 g/mol. The Morgan fingerprint density at radius 2 is 1.92 bits per heavy atom. The summed E-state index contributed by atoms with van der Waals surface area (Å²) >= 11 is 0. The summed E-state index contributed by atoms with van der Waals surface area (Å²) < 4.78 is 1.46. The van der Waals surface area contributed by atoms with Gasteiger partial charge in [-0.25, -0.2) is 4.68 Å². The first-order valence-corrected chi connectivity index (χ1v) is 9.97. The zero-order valence-corrected chi connectivity index (χ0v) is 15.5. The molecule has 0 radical (unpaired) electrons. The Balaban J connectivity index is 1.54. The topological polar surface area (TPSA) is 84.2 Å². The second-order valence-corrected chi connectivity index (χ2v) is 7.98. The molecule has 2 amide bonds. The standard InChI is InChI=1S/C18H28N6O2/c1-2-18(17(26)22-9-5-3-4-6-10-22)11-14-7-8-15(18)24(14)16(25)12-23-13-19-20-21-23/h13-15H,2-12H2,1H3/t14-,15+,18+/m0/s1. The monoisotopic (exact) mass is 360 g/mol. The van der Waals surface area contributed by atoms with Crippen LogP contribution in [0.25, 0.3) is 0 Å². The first-order chi connectivity index (χ1) is 12.7. The summed E-state index contributed by atoms with van der Waals surface area (Å²) in [6.45, 7) is 4.01. The van der Waals surface area contributed by atoms with Crippen LogP contribution in [0.5, 0.6) is 0 Å². The van der Waals surface area contributed by atoms with Gasteiger partial charge in [-0.3, -0.25) is 9.59 Å². The van der Waals surface area contributed by atoms with Crippen LogP contribution in [0.4, 0.5) is 0 Å². The fourth-order valence-electron chi connectivity index (χ4n) is 5.38. The number of carbonyl (C=O) groups excluding carboxylic acids is 2. The highest BCUT2D eigenvalue weighted by molar-refractivity contribution is 5.87. The molecule has 8 nitrogen and oxygen atoms in total. The Labute approximate surface area is 153 Å². The third kappa shape index (κ3) is 2.79. The highest BCUT2D eigenvalue weighted by atomic mass is 16.2. The van der Waals surface area contributed by atoms with Crippen molar-refractivity contribution < 1.29 is 9.59 Å². The molecule has 3 aliphatic rings. The SMILES string of the molecule is CC[C@@]1(C(=O)N2CCCCCC2)C[C@@H]2CC[C@H]1N2C(=O)Cn1cnnn1. The molecule has 0 spiro atoms. The molecule has 142 valence electrons. The van der Waals surface area contributed by atoms with Gasteiger partial charge in [-0.15, -0.1) is 5.10 Å². The number of hydrogen-bond acceptors (Lipinski definition) is 5. The zero-order chi connectivity index (χ0) is 18.1. The number of tetrazole rings is 1. The average Bonchev–Trinajstić information content (AvgIpc) is 3.32. The Hall–Kier alpha value is -1.99. The van der Waals surface area contributed by atoms with Crippen LogP contribution in [0, 0.1) is 5.41 Å². The minimum absolute atomic E-state index is 0.0252. The Morgan fingerprint density at radius 3 is 2.58 bits per heavy atom. The summed E-state index contributed by atoms with van der Waals surface area (Å²) in [5.74, 6) is 0.318. The number of nitrogens with zero attached hydrogens (tertiary/aromatic N) is 6. The van der Waals surface area contributed by atoms with Gasteiger partial charge >= 0.3 is 0 Å². The summed E-state index contributed by atoms with van der Waals surface area (Å²) in [5.41, 5.74) is -0.399. The Morgan fingerprint density at radius 1 is 1.15 bits per heavy atom. The lowest BCUT2D eigenvalue weighted by molar-refractivity contribution is -0.145. The van der Waals surface area contributed by atoms with Gasteiger partial charge in [-0.2, -0.15) is 0 Å². The molecule has 2 bridgehead atoms. The first kappa shape index (κ1) is 17.4. The number of rotatable bonds is 4. The molecule has 0 aromatic carbocycles. The van der Waals surface area contributed by atoms with Crippen molar-refractivity contribution in [1.29, 1.82) is 0 Å². The van der Waals surface area contributed by atoms with E-state index in [1.54, 1.807) is 0 Å². The van der Waals surface area contributed by atoms with Crippen molar-refractivity contribution in [2.45, 2.75) is 76.9 Å². The Kier molecular flexibility index (Phi) is 4.67. The van der Waals surface area contributed by atoms with Gasteiger partial charge in [0.15, 0.2) is 0 Å². The van der Waals surface area contributed by atoms with Crippen LogP contribution in [0.15, 0.2) is 6.33 Å². The molecule has 0 N–H and O–H groups in total. The van der Waals surface area contributed by atoms with Crippen molar-refractivity contribution in [3.8, 4) is 0 Å². The number of amides is 2. The number of fused-ring (bicyclic) bond motifs is 2. The molecule has 0 unspecified atom stereocenters. The van der Waals surface area contributed by atoms with Crippen LogP contribution >= 0.6 is 0 Å². The van der Waals surface area contributed by atoms with Crippen LogP contribution < -0.4 is 0 Å². The normalized spacial score (nSPS) is 31.3. The van der Waals surface area contributed by atoms with Crippen molar-refractivity contribution in [3.63, 3.8) is 0 Å². The smallest absolute Gasteiger partial charge is 0.244 e. The van der Waals surface area contributed by atoms with Crippen molar-refractivity contribution in [3.05, 3.63) is 6.33 Å². The second-order valence-electron chi connectivity index (χ2n) is 7.98. The molecule has 1 aromatic rings. The summed E-state index contributed by atoms with van der Waals surface area (Å²) in [6.07, 6.45) is 9.63. The van der Waals surface area contributed by atoms with Gasteiger partial charge < -0.3 is 9.80 Å². The van der Waals surface area contributed by atoms with E-state index < -0.39 is 5.41 Å². The molecule has 3 aliphatic heterocycles. The van der Waals surface area contributed by atoms with Gasteiger partial charge in [0.05, 0.1) is 5.41 Å². The van der Waals surface area contributed by atoms with Gasteiger partial charge in [0.1, 0.15) is 12.9 Å². The number of aromatic nitrogens is 4. The molecular formula is C18H28N6O2. The lowest BCUT2D eigenvalue weighted by atomic mass is 9.70. The third-order valence-corrected chi connectivity index (χ3v) is 6.67. The summed E-state index contributed by atoms with van der Waals surface area (Å²) in [4.78, 5) is 30.5. The zero-order valence-electron chi connectivity index (χ0n) is 15.5. The lowest BCUT2D eigenvalue weighted by Crippen LogP contribution is -2.51. The van der Waals surface area contributed by atoms with Gasteiger partial charge in [0, 0.05) is 25.2 Å². The number of likely N-dealkylation sites (tertiary alicyclic amines) is 1. The maximum atomic E-state index is 13.5. The average molecular weight is 360 g/mol. The number of carbonyl (C=O) groups is 2. The van der Waals surface area contributed by atoms with E-state index >= 15 is 0 Å². The summed E-state index contributed by atoms with van der Waals surface area (Å²) in [6, 6.07) is 0.206. The van der Waals surface area contributed by atoms with Crippen LogP contribution in [0.2, 0.25) is 0 Å². The fraction of sp³-hybridized carbons (Fsp3) is 0.833. The maximum absolute atomic E-state index is 13.5. The van der Waals surface area contributed by atoms with E-state index in [4.69, 9.17) is 0 Å². The molecule has 1 aromatic heterocycles. The summed E-state index contributed by atoms with van der Waals surface area (Å²) in [5, 5.41) is 11.0. The van der Waals surface area contributed by atoms with E-state index in [1.165, 1.54) is 23.9 Å². The first-order valence-electron chi connectivity index (χ1n) is 9.97. The molecule has 3 saturated heterocycles. The van der Waals surface area contributed by atoms with E-state index in [0.29, 0.717) is 0 Å². The highest BCUT2D eigenvalue weighted by Gasteiger charge is 2.60. The van der Waals surface area contributed by atoms with Crippen molar-refractivity contribution in [2.24, 2.45) is 5.41 Å². The van der Waals surface area contributed by atoms with Gasteiger partial charge in [0.2, 0.25) is 11.8 Å². The van der Waals surface area contributed by atoms with E-state index in [0.717, 1.165) is 51.6 Å². The van der Waals surface area contributed by atoms with Crippen molar-refractivity contribution >= 4 is 11.8 Å². The number of hydrogen-bond donors (Lipinski definition) is 0. The van der Waals surface area contributed by atoms with E-state index in [2.05, 4.69) is 27.3 Å². The molecule has 4 rings (SSSR count). The lowest BCUT2D eigenvalue weighted by Gasteiger charge is -2.39. The van der Waals surface area contributed by atoms with Crippen molar-refractivity contribution in [2.75, 3.05) is 13.1 Å². The van der Waals surface area contributed by atoms with Crippen LogP contribution in [0.1, 0.15) is 58.3 Å². The Bertz CT molecular complexity index is 655. The van der Waals surface area contributed by atoms with Crippen LogP contribution in [0.3, 0.4) is 0 Å². The minimum Gasteiger partial charge on any atom is -0.342 e. The van der Waals surface area contributed by atoms with Crippen LogP contribution in [-0.2, 0) is 16.1 Å². The molecule has 4 heterocycles. The van der Waals surface area contributed by atoms with Gasteiger partial charge in [0.25, 0.3) is 0 Å². The summed E-state index contributed by atoms with van der Waals surface area (Å²) in [7, 11) is 0. The van der Waals surface area contributed by atoms with Gasteiger partial charge in [-0.1, -0.05) is 19.8 Å². The largest absolute Gasteiger partial charge is 0.342 e. The third-order valence-electron chi connectivity index (χ3n) is 6.67. The quantitative estimate of drug-likeness (QED) is 0.806. The van der Waals surface area contributed by atoms with Crippen molar-refractivity contribution in [1.82, 2.24) is 30.0 Å². The van der Waals surface area contributed by atoms with Crippen LogP contribution in [-0.4, -0.2) is 67.0 Å². The second kappa shape index (κ2) is 6.96. The maximum Gasteiger partial charge on any atom is 0.244 e. The molecule has 3 fully saturated rings. The predicted octanol–water partition coefficient (Wildman–Crippen LogP) is 1.24. The van der Waals surface area contributed by atoms with E-state index in [1.807, 2.05) is 4.90 Å². The predicted molar refractivity (Wildman–Crippen MR) is 93.9 cm³/mol. The minimum atomic E-state index is -0.399. The van der Waals surface area contributed by atoms with Gasteiger partial charge in [-0.05, 0) is 49.0 Å². The molecule has 0 aliphatic carbocycles. The van der Waals surface area contributed by atoms with E-state index in [9.17, 15) is 9.59 Å².